The molecule has 3 heterocycles. The van der Waals surface area contributed by atoms with Crippen molar-refractivity contribution in [1.82, 2.24) is 0 Å². The van der Waals surface area contributed by atoms with Crippen LogP contribution in [-0.4, -0.2) is 0 Å². The van der Waals surface area contributed by atoms with Crippen molar-refractivity contribution in [3.05, 3.63) is 292 Å². The first-order valence-electron chi connectivity index (χ1n) is 28.0. The highest BCUT2D eigenvalue weighted by molar-refractivity contribution is 7.43. The third-order valence-corrected chi connectivity index (χ3v) is 19.2. The summed E-state index contributed by atoms with van der Waals surface area (Å²) in [4.78, 5) is 0. The SMILES string of the molecule is C1=Cc2ccc3c(c2)C2=C1OP(OCc1ccccc1)Oc1ccc4ccc(cc4c1C2)OP(OCc1ccccc1)Oc1ccc2ccc4c(c2c1)Cc1c(ccc2ccc(cc12)OP(OCc1ccccc1)O3)OP(OCc1ccccc1)O4. The van der Waals surface area contributed by atoms with Crippen LogP contribution in [0.2, 0.25) is 0 Å². The molecular weight excluding hydrogens is 1160 g/mol. The standard InChI is InChI=1S/C70H52O12P4/c1-5-13-48(14-6-1)43-71-83-75-55-29-23-52-26-34-68-62(58(52)38-55)41-63-59-40-57(31-25-53(59)27-35-69(63)81-86(80-68)74-46-51-19-11-4-12-20-51)77-84(72-44-49-15-7-2-8-16-49)78-66-32-21-47-22-33-67-65(61(66)37-47)42-64-60-39-56(76-83)30-24-54(60)28-36-70(64)82-85(79-67)73-45-50-17-9-3-10-18-50/h1-40H,41-46H2. The van der Waals surface area contributed by atoms with Crippen LogP contribution in [0.5, 0.6) is 40.2 Å². The van der Waals surface area contributed by atoms with E-state index in [0.29, 0.717) is 58.8 Å². The molecule has 11 aromatic carbocycles. The lowest BCUT2D eigenvalue weighted by Crippen LogP contribution is -2.08. The van der Waals surface area contributed by atoms with Crippen LogP contribution in [0.4, 0.5) is 0 Å². The van der Waals surface area contributed by atoms with Crippen molar-refractivity contribution in [1.29, 1.82) is 0 Å². The zero-order valence-corrected chi connectivity index (χ0v) is 49.6. The number of allylic oxidation sites excluding steroid dienone is 2. The van der Waals surface area contributed by atoms with Gasteiger partial charge in [-0.15, -0.1) is 0 Å². The van der Waals surface area contributed by atoms with Gasteiger partial charge in [0.05, 0.1) is 26.4 Å². The molecule has 4 atom stereocenters. The molecule has 4 aliphatic rings. The van der Waals surface area contributed by atoms with Crippen LogP contribution in [0, 0.1) is 0 Å². The number of fused-ring (bicyclic) bond motifs is 4. The fraction of sp³-hybridized carbons (Fsp3) is 0.0857. The summed E-state index contributed by atoms with van der Waals surface area (Å²) in [7, 11) is -8.24. The first-order valence-corrected chi connectivity index (χ1v) is 32.4. The molecule has 1 aliphatic carbocycles. The van der Waals surface area contributed by atoms with E-state index in [2.05, 4.69) is 18.2 Å². The van der Waals surface area contributed by atoms with E-state index in [1.807, 2.05) is 224 Å². The van der Waals surface area contributed by atoms with E-state index in [1.165, 1.54) is 0 Å². The Morgan fingerprint density at radius 3 is 1.08 bits per heavy atom. The zero-order valence-electron chi connectivity index (χ0n) is 46.0. The molecule has 0 spiro atoms. The minimum atomic E-state index is -2.15. The second kappa shape index (κ2) is 24.6. The van der Waals surface area contributed by atoms with Gasteiger partial charge in [-0.2, -0.15) is 0 Å². The maximum atomic E-state index is 7.14. The Hall–Kier alpha value is -8.36. The van der Waals surface area contributed by atoms with Crippen LogP contribution in [0.3, 0.4) is 0 Å². The van der Waals surface area contributed by atoms with E-state index in [1.54, 1.807) is 0 Å². The second-order valence-electron chi connectivity index (χ2n) is 20.7. The summed E-state index contributed by atoms with van der Waals surface area (Å²) in [6.07, 6.45) is 4.78. The number of hydrogen-bond donors (Lipinski definition) is 0. The van der Waals surface area contributed by atoms with Gasteiger partial charge < -0.3 is 36.2 Å². The van der Waals surface area contributed by atoms with Crippen LogP contribution in [-0.2, 0) is 61.9 Å². The molecule has 12 nitrogen and oxygen atoms in total. The Bertz CT molecular complexity index is 4360. The van der Waals surface area contributed by atoms with Gasteiger partial charge in [0.25, 0.3) is 0 Å². The number of rotatable bonds is 12. The van der Waals surface area contributed by atoms with Crippen molar-refractivity contribution in [2.75, 3.05) is 0 Å². The molecule has 12 bridgehead atoms. The summed E-state index contributed by atoms with van der Waals surface area (Å²) in [5.41, 5.74) is 9.20. The molecule has 4 unspecified atom stereocenters. The van der Waals surface area contributed by atoms with Gasteiger partial charge in [0.1, 0.15) is 46.0 Å². The Morgan fingerprint density at radius 2 is 0.651 bits per heavy atom. The quantitative estimate of drug-likeness (QED) is 0.109. The lowest BCUT2D eigenvalue weighted by atomic mass is 9.92. The molecule has 16 heteroatoms. The predicted molar refractivity (Wildman–Crippen MR) is 339 cm³/mol. The topological polar surface area (TPSA) is 111 Å². The summed E-state index contributed by atoms with van der Waals surface area (Å²) in [5, 5.41) is 5.62. The minimum Gasteiger partial charge on any atom is -0.418 e. The number of benzene rings is 11. The van der Waals surface area contributed by atoms with Crippen molar-refractivity contribution in [2.45, 2.75) is 39.3 Å². The van der Waals surface area contributed by atoms with Crippen molar-refractivity contribution >= 4 is 78.4 Å². The van der Waals surface area contributed by atoms with Crippen molar-refractivity contribution in [3.63, 3.8) is 0 Å². The largest absolute Gasteiger partial charge is 0.463 e. The van der Waals surface area contributed by atoms with Gasteiger partial charge in [-0.3, -0.25) is 18.1 Å². The third kappa shape index (κ3) is 12.0. The maximum absolute atomic E-state index is 7.14. The molecule has 3 aliphatic heterocycles. The van der Waals surface area contributed by atoms with Gasteiger partial charge in [0, 0.05) is 40.7 Å². The monoisotopic (exact) mass is 1210 g/mol. The van der Waals surface area contributed by atoms with Crippen molar-refractivity contribution < 1.29 is 54.3 Å². The molecule has 424 valence electrons. The fourth-order valence-corrected chi connectivity index (χ4v) is 14.8. The van der Waals surface area contributed by atoms with Crippen LogP contribution in [0.1, 0.15) is 50.1 Å². The first kappa shape index (κ1) is 54.3. The summed E-state index contributed by atoms with van der Waals surface area (Å²) in [6.45, 7) is 0.999. The summed E-state index contributed by atoms with van der Waals surface area (Å²) in [5.74, 6) is 4.58. The maximum Gasteiger partial charge on any atom is 0.463 e. The van der Waals surface area contributed by atoms with E-state index in [4.69, 9.17) is 54.3 Å². The van der Waals surface area contributed by atoms with Gasteiger partial charge in [-0.1, -0.05) is 170 Å². The first-order chi connectivity index (χ1) is 42.5. The lowest BCUT2D eigenvalue weighted by Gasteiger charge is -2.26. The smallest absolute Gasteiger partial charge is 0.418 e. The van der Waals surface area contributed by atoms with E-state index < -0.39 is 34.4 Å². The molecule has 11 aromatic rings. The van der Waals surface area contributed by atoms with Gasteiger partial charge in [0.15, 0.2) is 0 Å². The summed E-state index contributed by atoms with van der Waals surface area (Å²) < 4.78 is 82.0. The molecule has 0 radical (unpaired) electrons. The average Bonchev–Trinajstić information content (AvgIpc) is 1.63. The highest BCUT2D eigenvalue weighted by Crippen LogP contribution is 2.55. The molecule has 0 aromatic heterocycles. The molecule has 0 saturated carbocycles. The van der Waals surface area contributed by atoms with E-state index in [9.17, 15) is 0 Å². The molecule has 0 N–H and O–H groups in total. The summed E-state index contributed by atoms with van der Waals surface area (Å²) in [6, 6.07) is 76.4. The van der Waals surface area contributed by atoms with Crippen LogP contribution < -0.4 is 31.7 Å². The minimum absolute atomic E-state index is 0.223. The molecular formula is C70H52O12P4. The Labute approximate surface area is 502 Å². The molecule has 0 saturated heterocycles. The molecule has 0 amide bonds. The highest BCUT2D eigenvalue weighted by Gasteiger charge is 2.33. The van der Waals surface area contributed by atoms with E-state index in [0.717, 1.165) is 88.0 Å². The van der Waals surface area contributed by atoms with Crippen LogP contribution >= 0.6 is 34.4 Å². The Balaban J connectivity index is 0.903. The van der Waals surface area contributed by atoms with Gasteiger partial charge in [0.2, 0.25) is 0 Å². The van der Waals surface area contributed by atoms with Crippen LogP contribution in [0.15, 0.2) is 242 Å². The Morgan fingerprint density at radius 1 is 0.302 bits per heavy atom. The zero-order chi connectivity index (χ0) is 57.2. The second-order valence-corrected chi connectivity index (χ2v) is 25.0. The van der Waals surface area contributed by atoms with E-state index >= 15 is 0 Å². The predicted octanol–water partition coefficient (Wildman–Crippen LogP) is 19.9. The normalized spacial score (nSPS) is 17.5. The van der Waals surface area contributed by atoms with Crippen molar-refractivity contribution in [3.8, 4) is 40.2 Å². The Kier molecular flexibility index (Phi) is 15.5. The van der Waals surface area contributed by atoms with Gasteiger partial charge >= 0.3 is 34.4 Å². The molecule has 86 heavy (non-hydrogen) atoms. The fourth-order valence-electron chi connectivity index (χ4n) is 10.7. The molecule has 15 rings (SSSR count). The molecule has 0 fully saturated rings. The number of hydrogen-bond acceptors (Lipinski definition) is 12. The lowest BCUT2D eigenvalue weighted by molar-refractivity contribution is 0.233. The van der Waals surface area contributed by atoms with Crippen molar-refractivity contribution in [2.24, 2.45) is 0 Å². The highest BCUT2D eigenvalue weighted by atomic mass is 31.2. The third-order valence-electron chi connectivity index (χ3n) is 15.1. The summed E-state index contributed by atoms with van der Waals surface area (Å²) >= 11 is 0. The van der Waals surface area contributed by atoms with E-state index in [-0.39, 0.29) is 26.4 Å². The van der Waals surface area contributed by atoms with Gasteiger partial charge in [-0.05, 0) is 133 Å². The van der Waals surface area contributed by atoms with Crippen LogP contribution in [0.25, 0.3) is 44.0 Å². The average molecular weight is 1210 g/mol. The van der Waals surface area contributed by atoms with Gasteiger partial charge in [-0.25, -0.2) is 0 Å².